The largest absolute Gasteiger partial charge is 0.508 e. The monoisotopic (exact) mass is 676 g/mol. The molecule has 0 saturated heterocycles. The molecule has 0 amide bonds. The van der Waals surface area contributed by atoms with Gasteiger partial charge in [0.2, 0.25) is 0 Å². The molecule has 2 aromatic carbocycles. The molecule has 0 aliphatic heterocycles. The van der Waals surface area contributed by atoms with Gasteiger partial charge in [-0.3, -0.25) is 9.59 Å². The highest BCUT2D eigenvalue weighted by Gasteiger charge is 2.20. The summed E-state index contributed by atoms with van der Waals surface area (Å²) in [6.45, 7) is 5.28. The summed E-state index contributed by atoms with van der Waals surface area (Å²) >= 11 is 6.32. The first-order chi connectivity index (χ1) is 17.9. The van der Waals surface area contributed by atoms with Crippen molar-refractivity contribution in [3.63, 3.8) is 0 Å². The minimum absolute atomic E-state index is 0. The summed E-state index contributed by atoms with van der Waals surface area (Å²) in [4.78, 5) is 33.4. The van der Waals surface area contributed by atoms with E-state index in [4.69, 9.17) is 24.1 Å². The molecule has 1 heterocycles. The molecule has 3 aromatic rings. The van der Waals surface area contributed by atoms with E-state index in [-0.39, 0.29) is 35.8 Å². The Kier molecular flexibility index (Phi) is 15.9. The second-order valence-corrected chi connectivity index (χ2v) is 8.73. The molecule has 1 atom stereocenters. The van der Waals surface area contributed by atoms with E-state index in [1.54, 1.807) is 20.8 Å². The van der Waals surface area contributed by atoms with E-state index < -0.39 is 17.5 Å². The summed E-state index contributed by atoms with van der Waals surface area (Å²) in [7, 11) is 2.97. The fourth-order valence-corrected chi connectivity index (χ4v) is 4.16. The van der Waals surface area contributed by atoms with Gasteiger partial charge in [0.1, 0.15) is 40.2 Å². The molecule has 1 aromatic heterocycles. The number of benzene rings is 2. The second kappa shape index (κ2) is 17.4. The number of hydrogen-bond donors (Lipinski definition) is 3. The Morgan fingerprint density at radius 3 is 2.00 bits per heavy atom. The lowest BCUT2D eigenvalue weighted by molar-refractivity contribution is -0.150. The van der Waals surface area contributed by atoms with Gasteiger partial charge >= 0.3 is 11.6 Å². The molecule has 10 nitrogen and oxygen atoms in total. The first kappa shape index (κ1) is 35.8. The molecule has 3 rings (SSSR count). The van der Waals surface area contributed by atoms with Crippen molar-refractivity contribution < 1.29 is 43.5 Å². The summed E-state index contributed by atoms with van der Waals surface area (Å²) < 4.78 is 19.7. The summed E-state index contributed by atoms with van der Waals surface area (Å²) in [5.74, 6) is -0.316. The molecule has 0 aliphatic rings. The number of fused-ring (bicyclic) bond motifs is 1. The van der Waals surface area contributed by atoms with Crippen LogP contribution in [-0.4, -0.2) is 53.2 Å². The highest BCUT2D eigenvalue weighted by molar-refractivity contribution is 9.09. The predicted molar refractivity (Wildman–Crippen MR) is 156 cm³/mol. The molecule has 216 valence electrons. The molecule has 1 unspecified atom stereocenters. The van der Waals surface area contributed by atoms with Crippen LogP contribution in [0.3, 0.4) is 0 Å². The van der Waals surface area contributed by atoms with Crippen LogP contribution in [0.4, 0.5) is 0 Å². The SMILES string of the molecule is C.CCOC(=O)C(C)C(=O)CBr.COc1cc(O)cc(O)c1.COc1cc(O)cc2oc(=O)c(C)c(CBr)c12. The lowest BCUT2D eigenvalue weighted by Gasteiger charge is -2.10. The topological polar surface area (TPSA) is 153 Å². The average Bonchev–Trinajstić information content (AvgIpc) is 2.88. The minimum atomic E-state index is -0.644. The lowest BCUT2D eigenvalue weighted by atomic mass is 10.1. The third-order valence-electron chi connectivity index (χ3n) is 5.03. The van der Waals surface area contributed by atoms with Crippen LogP contribution in [0, 0.1) is 12.8 Å². The number of carbonyl (C=O) groups excluding carboxylic acids is 2. The van der Waals surface area contributed by atoms with Crippen molar-refractivity contribution in [1.29, 1.82) is 0 Å². The van der Waals surface area contributed by atoms with Crippen LogP contribution in [0.25, 0.3) is 11.0 Å². The van der Waals surface area contributed by atoms with Gasteiger partial charge in [0, 0.05) is 41.2 Å². The van der Waals surface area contributed by atoms with Crippen LogP contribution in [-0.2, 0) is 19.7 Å². The summed E-state index contributed by atoms with van der Waals surface area (Å²) in [5, 5.41) is 28.7. The van der Waals surface area contributed by atoms with Gasteiger partial charge in [-0.25, -0.2) is 4.79 Å². The first-order valence-electron chi connectivity index (χ1n) is 11.1. The maximum absolute atomic E-state index is 11.6. The smallest absolute Gasteiger partial charge is 0.339 e. The highest BCUT2D eigenvalue weighted by Crippen LogP contribution is 2.34. The number of ether oxygens (including phenoxy) is 3. The van der Waals surface area contributed by atoms with Crippen LogP contribution in [0.5, 0.6) is 28.7 Å². The highest BCUT2D eigenvalue weighted by atomic mass is 79.9. The Morgan fingerprint density at radius 1 is 0.974 bits per heavy atom. The van der Waals surface area contributed by atoms with Gasteiger partial charge in [0.25, 0.3) is 0 Å². The number of alkyl halides is 2. The minimum Gasteiger partial charge on any atom is -0.508 e. The van der Waals surface area contributed by atoms with Gasteiger partial charge in [-0.1, -0.05) is 39.3 Å². The van der Waals surface area contributed by atoms with E-state index in [1.165, 1.54) is 44.6 Å². The number of carbonyl (C=O) groups is 2. The molecule has 0 fully saturated rings. The Bertz CT molecular complexity index is 1280. The Balaban J connectivity index is 0.000000578. The van der Waals surface area contributed by atoms with E-state index in [0.717, 1.165) is 5.56 Å². The third-order valence-corrected chi connectivity index (χ3v) is 6.15. The fraction of sp³-hybridized carbons (Fsp3) is 0.370. The second-order valence-electron chi connectivity index (χ2n) is 7.61. The fourth-order valence-electron chi connectivity index (χ4n) is 2.97. The molecule has 0 spiro atoms. The van der Waals surface area contributed by atoms with Crippen molar-refractivity contribution in [3.8, 4) is 28.7 Å². The normalized spacial score (nSPS) is 10.5. The van der Waals surface area contributed by atoms with E-state index in [1.807, 2.05) is 0 Å². The van der Waals surface area contributed by atoms with Gasteiger partial charge in [-0.05, 0) is 26.3 Å². The Hall–Kier alpha value is -3.25. The first-order valence-corrected chi connectivity index (χ1v) is 13.4. The van der Waals surface area contributed by atoms with E-state index in [0.29, 0.717) is 40.0 Å². The predicted octanol–water partition coefficient (Wildman–Crippen LogP) is 5.60. The molecular formula is C27H34Br2O10. The van der Waals surface area contributed by atoms with Gasteiger partial charge in [-0.15, -0.1) is 0 Å². The molecule has 39 heavy (non-hydrogen) atoms. The number of phenols is 3. The zero-order valence-electron chi connectivity index (χ0n) is 21.5. The van der Waals surface area contributed by atoms with Gasteiger partial charge in [0.05, 0.1) is 31.5 Å². The maximum atomic E-state index is 11.6. The summed E-state index contributed by atoms with van der Waals surface area (Å²) in [6, 6.07) is 6.97. The van der Waals surface area contributed by atoms with E-state index >= 15 is 0 Å². The molecular weight excluding hydrogens is 644 g/mol. The van der Waals surface area contributed by atoms with Crippen molar-refractivity contribution in [2.75, 3.05) is 26.2 Å². The van der Waals surface area contributed by atoms with Crippen molar-refractivity contribution >= 4 is 54.6 Å². The van der Waals surface area contributed by atoms with Crippen molar-refractivity contribution in [2.45, 2.75) is 33.5 Å². The van der Waals surface area contributed by atoms with Crippen LogP contribution in [0.1, 0.15) is 32.4 Å². The standard InChI is InChI=1S/C12H11BrO4.C7H11BrO3.C7H8O3.CH4/c1-6-8(5-13)11-9(16-2)3-7(14)4-10(11)17-12(6)15;1-3-11-7(10)5(2)6(9)4-8;1-10-7-3-5(8)2-6(9)4-7;/h3-4,14H,5H2,1-2H3;5H,3-4H2,1-2H3;2-4,8-9H,1H3;1H4. The quantitative estimate of drug-likeness (QED) is 0.125. The number of methoxy groups -OCH3 is 2. The van der Waals surface area contributed by atoms with Gasteiger partial charge in [0.15, 0.2) is 5.78 Å². The van der Waals surface area contributed by atoms with Crippen molar-refractivity contribution in [1.82, 2.24) is 0 Å². The Morgan fingerprint density at radius 2 is 1.54 bits per heavy atom. The van der Waals surface area contributed by atoms with Crippen molar-refractivity contribution in [3.05, 3.63) is 51.9 Å². The van der Waals surface area contributed by atoms with Crippen LogP contribution >= 0.6 is 31.9 Å². The summed E-state index contributed by atoms with van der Waals surface area (Å²) in [5.41, 5.74) is 1.28. The number of aromatic hydroxyl groups is 3. The van der Waals surface area contributed by atoms with Gasteiger partial charge < -0.3 is 33.9 Å². The number of hydrogen-bond acceptors (Lipinski definition) is 10. The lowest BCUT2D eigenvalue weighted by Crippen LogP contribution is -2.23. The number of rotatable bonds is 7. The zero-order valence-corrected chi connectivity index (χ0v) is 24.7. The molecule has 0 saturated carbocycles. The molecule has 0 radical (unpaired) electrons. The van der Waals surface area contributed by atoms with Crippen LogP contribution in [0.15, 0.2) is 39.5 Å². The molecule has 3 N–H and O–H groups in total. The number of Topliss-reactive ketones (excluding diaryl/α,β-unsaturated/α-hetero) is 1. The Labute approximate surface area is 243 Å². The number of ketones is 1. The maximum Gasteiger partial charge on any atom is 0.339 e. The van der Waals surface area contributed by atoms with Crippen LogP contribution in [0.2, 0.25) is 0 Å². The summed E-state index contributed by atoms with van der Waals surface area (Å²) in [6.07, 6.45) is 0. The number of phenolic OH excluding ortho intramolecular Hbond substituents is 3. The van der Waals surface area contributed by atoms with Gasteiger partial charge in [-0.2, -0.15) is 0 Å². The average molecular weight is 678 g/mol. The van der Waals surface area contributed by atoms with Crippen LogP contribution < -0.4 is 15.1 Å². The molecule has 12 heteroatoms. The van der Waals surface area contributed by atoms with E-state index in [2.05, 4.69) is 36.6 Å². The molecule has 0 aliphatic carbocycles. The number of esters is 1. The van der Waals surface area contributed by atoms with E-state index in [9.17, 15) is 19.5 Å². The third kappa shape index (κ3) is 10.4. The zero-order chi connectivity index (χ0) is 29.0. The number of halogens is 2. The van der Waals surface area contributed by atoms with Crippen molar-refractivity contribution in [2.24, 2.45) is 5.92 Å². The molecule has 0 bridgehead atoms.